The maximum absolute atomic E-state index is 13.7. The van der Waals surface area contributed by atoms with E-state index in [-0.39, 0.29) is 17.5 Å². The average Bonchev–Trinajstić information content (AvgIpc) is 2.75. The molecule has 1 saturated heterocycles. The van der Waals surface area contributed by atoms with Gasteiger partial charge >= 0.3 is 0 Å². The highest BCUT2D eigenvalue weighted by Crippen LogP contribution is 2.42. The molecule has 0 bridgehead atoms. The molecular weight excluding hydrogens is 360 g/mol. The lowest BCUT2D eigenvalue weighted by atomic mass is 9.67. The maximum Gasteiger partial charge on any atom is 0.175 e. The fourth-order valence-electron chi connectivity index (χ4n) is 4.66. The molecule has 0 spiro atoms. The highest BCUT2D eigenvalue weighted by molar-refractivity contribution is 6.00. The van der Waals surface area contributed by atoms with Crippen LogP contribution in [0.1, 0.15) is 104 Å². The molecule has 1 unspecified atom stereocenters. The van der Waals surface area contributed by atoms with Gasteiger partial charge in [-0.1, -0.05) is 51.5 Å². The van der Waals surface area contributed by atoms with Crippen molar-refractivity contribution in [3.05, 3.63) is 29.5 Å². The quantitative estimate of drug-likeness (QED) is 0.152. The van der Waals surface area contributed by atoms with Gasteiger partial charge in [-0.15, -0.1) is 12.3 Å². The van der Waals surface area contributed by atoms with Gasteiger partial charge in [0.1, 0.15) is 0 Å². The van der Waals surface area contributed by atoms with Gasteiger partial charge < -0.3 is 9.47 Å². The standard InChI is InChI=1S/C26H42O3/c1-4-6-7-9-14-22(3)20-23(21-29-24-15-10-13-19-28-24)25(27)26(16-5-2)17-11-8-12-18-26/h5,24H,2,4,6-19,21H2,1,3H3. The van der Waals surface area contributed by atoms with Crippen LogP contribution in [0.4, 0.5) is 0 Å². The van der Waals surface area contributed by atoms with Crippen LogP contribution in [0.5, 0.6) is 0 Å². The number of ether oxygens (including phenoxy) is 2. The third kappa shape index (κ3) is 7.89. The number of carbonyl (C=O) groups is 1. The van der Waals surface area contributed by atoms with Crippen LogP contribution in [0, 0.1) is 5.41 Å². The molecular formula is C26H42O3. The summed E-state index contributed by atoms with van der Waals surface area (Å²) in [7, 11) is 0. The van der Waals surface area contributed by atoms with Crippen LogP contribution in [0.2, 0.25) is 0 Å². The van der Waals surface area contributed by atoms with E-state index in [1.165, 1.54) is 37.7 Å². The van der Waals surface area contributed by atoms with Crippen LogP contribution >= 0.6 is 0 Å². The van der Waals surface area contributed by atoms with E-state index in [0.29, 0.717) is 6.61 Å². The Morgan fingerprint density at radius 2 is 1.97 bits per heavy atom. The van der Waals surface area contributed by atoms with E-state index in [1.54, 1.807) is 0 Å². The van der Waals surface area contributed by atoms with Crippen molar-refractivity contribution in [2.45, 2.75) is 110 Å². The lowest BCUT2D eigenvalue weighted by molar-refractivity contribution is -0.158. The minimum absolute atomic E-state index is 0.181. The second-order valence-corrected chi connectivity index (χ2v) is 8.96. The predicted molar refractivity (Wildman–Crippen MR) is 120 cm³/mol. The summed E-state index contributed by atoms with van der Waals surface area (Å²) < 4.78 is 11.8. The van der Waals surface area contributed by atoms with Crippen molar-refractivity contribution < 1.29 is 14.3 Å². The van der Waals surface area contributed by atoms with Gasteiger partial charge in [-0.05, 0) is 63.9 Å². The molecule has 1 aliphatic carbocycles. The molecule has 0 aromatic heterocycles. The zero-order chi connectivity index (χ0) is 21.0. The fraction of sp³-hybridized carbons (Fsp3) is 0.769. The van der Waals surface area contributed by atoms with Gasteiger partial charge in [0.2, 0.25) is 0 Å². The van der Waals surface area contributed by atoms with Gasteiger partial charge in [-0.2, -0.15) is 0 Å². The number of allylic oxidation sites excluding steroid dienone is 1. The molecule has 0 aromatic rings. The van der Waals surface area contributed by atoms with Crippen LogP contribution in [-0.4, -0.2) is 25.3 Å². The molecule has 29 heavy (non-hydrogen) atoms. The summed E-state index contributed by atoms with van der Waals surface area (Å²) in [5, 5.41) is 0. The number of hydrogen-bond donors (Lipinski definition) is 0. The van der Waals surface area contributed by atoms with Gasteiger partial charge in [0, 0.05) is 12.0 Å². The first kappa shape index (κ1) is 24.1. The number of Topliss-reactive ketones (excluding diaryl/α,β-unsaturated/α-hetero) is 1. The Hall–Kier alpha value is -1.15. The second kappa shape index (κ2) is 13.2. The number of ketones is 1. The maximum atomic E-state index is 13.7. The third-order valence-corrected chi connectivity index (χ3v) is 6.42. The topological polar surface area (TPSA) is 35.5 Å². The van der Waals surface area contributed by atoms with E-state index in [1.807, 2.05) is 6.08 Å². The minimum atomic E-state index is -0.304. The lowest BCUT2D eigenvalue weighted by Gasteiger charge is -2.35. The van der Waals surface area contributed by atoms with E-state index < -0.39 is 0 Å². The third-order valence-electron chi connectivity index (χ3n) is 6.42. The molecule has 0 N–H and O–H groups in total. The van der Waals surface area contributed by atoms with Crippen LogP contribution < -0.4 is 0 Å². The monoisotopic (exact) mass is 402 g/mol. The average molecular weight is 403 g/mol. The number of carbonyl (C=O) groups excluding carboxylic acids is 1. The molecule has 1 saturated carbocycles. The van der Waals surface area contributed by atoms with Crippen LogP contribution in [-0.2, 0) is 14.3 Å². The number of hydrogen-bond acceptors (Lipinski definition) is 3. The summed E-state index contributed by atoms with van der Waals surface area (Å²) in [6, 6.07) is 0. The Bertz CT molecular complexity index is 571. The SMILES string of the molecule is C=CCC1(C(=O)C(=C=C(C)CCCCCC)COC2CCCCO2)CCCCC1. The van der Waals surface area contributed by atoms with Crippen molar-refractivity contribution in [3.8, 4) is 0 Å². The van der Waals surface area contributed by atoms with Crippen molar-refractivity contribution in [1.29, 1.82) is 0 Å². The molecule has 0 radical (unpaired) electrons. The van der Waals surface area contributed by atoms with Gasteiger partial charge in [0.15, 0.2) is 12.1 Å². The van der Waals surface area contributed by atoms with Gasteiger partial charge in [0.05, 0.1) is 12.2 Å². The van der Waals surface area contributed by atoms with Crippen molar-refractivity contribution in [1.82, 2.24) is 0 Å². The first-order valence-corrected chi connectivity index (χ1v) is 12.0. The smallest absolute Gasteiger partial charge is 0.175 e. The lowest BCUT2D eigenvalue weighted by Crippen LogP contribution is -2.36. The van der Waals surface area contributed by atoms with Gasteiger partial charge in [-0.25, -0.2) is 0 Å². The van der Waals surface area contributed by atoms with Crippen molar-refractivity contribution >= 4 is 5.78 Å². The summed E-state index contributed by atoms with van der Waals surface area (Å²) in [6.07, 6.45) is 17.0. The Morgan fingerprint density at radius 1 is 1.17 bits per heavy atom. The molecule has 3 heteroatoms. The second-order valence-electron chi connectivity index (χ2n) is 8.96. The first-order chi connectivity index (χ1) is 14.1. The summed E-state index contributed by atoms with van der Waals surface area (Å²) in [6.45, 7) is 9.35. The molecule has 0 amide bonds. The largest absolute Gasteiger partial charge is 0.353 e. The molecule has 1 heterocycles. The Labute approximate surface area is 178 Å². The van der Waals surface area contributed by atoms with Crippen LogP contribution in [0.3, 0.4) is 0 Å². The zero-order valence-electron chi connectivity index (χ0n) is 18.9. The molecule has 2 aliphatic rings. The van der Waals surface area contributed by atoms with E-state index in [0.717, 1.165) is 70.0 Å². The molecule has 164 valence electrons. The number of unbranched alkanes of at least 4 members (excludes halogenated alkanes) is 3. The number of rotatable bonds is 12. The molecule has 0 aromatic carbocycles. The van der Waals surface area contributed by atoms with Gasteiger partial charge in [-0.3, -0.25) is 4.79 Å². The normalized spacial score (nSPS) is 21.2. The van der Waals surface area contributed by atoms with Crippen molar-refractivity contribution in [2.24, 2.45) is 5.41 Å². The predicted octanol–water partition coefficient (Wildman–Crippen LogP) is 7.07. The van der Waals surface area contributed by atoms with E-state index in [4.69, 9.17) is 9.47 Å². The molecule has 1 atom stereocenters. The minimum Gasteiger partial charge on any atom is -0.353 e. The first-order valence-electron chi connectivity index (χ1n) is 12.0. The van der Waals surface area contributed by atoms with E-state index in [2.05, 4.69) is 26.2 Å². The Kier molecular flexibility index (Phi) is 11.0. The summed E-state index contributed by atoms with van der Waals surface area (Å²) in [5.41, 5.74) is 5.07. The highest BCUT2D eigenvalue weighted by atomic mass is 16.7. The highest BCUT2D eigenvalue weighted by Gasteiger charge is 2.39. The van der Waals surface area contributed by atoms with E-state index in [9.17, 15) is 4.79 Å². The van der Waals surface area contributed by atoms with E-state index >= 15 is 0 Å². The van der Waals surface area contributed by atoms with Crippen molar-refractivity contribution in [3.63, 3.8) is 0 Å². The summed E-state index contributed by atoms with van der Waals surface area (Å²) in [5.74, 6) is 0.237. The summed E-state index contributed by atoms with van der Waals surface area (Å²) >= 11 is 0. The molecule has 3 nitrogen and oxygen atoms in total. The van der Waals surface area contributed by atoms with Crippen LogP contribution in [0.25, 0.3) is 0 Å². The van der Waals surface area contributed by atoms with Crippen molar-refractivity contribution in [2.75, 3.05) is 13.2 Å². The fourth-order valence-corrected chi connectivity index (χ4v) is 4.66. The molecule has 2 rings (SSSR count). The van der Waals surface area contributed by atoms with Gasteiger partial charge in [0.25, 0.3) is 0 Å². The Morgan fingerprint density at radius 3 is 2.62 bits per heavy atom. The molecule has 2 fully saturated rings. The molecule has 1 aliphatic heterocycles. The Balaban J connectivity index is 2.17. The zero-order valence-corrected chi connectivity index (χ0v) is 18.9. The summed E-state index contributed by atoms with van der Waals surface area (Å²) in [4.78, 5) is 13.7. The van der Waals surface area contributed by atoms with Crippen LogP contribution in [0.15, 0.2) is 29.5 Å².